The van der Waals surface area contributed by atoms with Crippen LogP contribution in [0.3, 0.4) is 0 Å². The zero-order valence-electron chi connectivity index (χ0n) is 14.5. The van der Waals surface area contributed by atoms with Crippen molar-refractivity contribution < 1.29 is 13.6 Å². The van der Waals surface area contributed by atoms with Gasteiger partial charge in [0.25, 0.3) is 5.91 Å². The summed E-state index contributed by atoms with van der Waals surface area (Å²) in [7, 11) is 0. The van der Waals surface area contributed by atoms with Gasteiger partial charge in [-0.25, -0.2) is 0 Å². The highest BCUT2D eigenvalue weighted by molar-refractivity contribution is 5.97. The van der Waals surface area contributed by atoms with Crippen molar-refractivity contribution in [2.45, 2.75) is 25.3 Å². The minimum Gasteiger partial charge on any atom is -0.425 e. The molecular weight excluding hydrogens is 342 g/mol. The lowest BCUT2D eigenvalue weighted by Crippen LogP contribution is -2.30. The lowest BCUT2D eigenvalue weighted by Gasteiger charge is -2.25. The number of aryl methyl sites for hydroxylation is 1. The van der Waals surface area contributed by atoms with Crippen molar-refractivity contribution in [3.63, 3.8) is 0 Å². The second-order valence-electron chi connectivity index (χ2n) is 6.86. The Morgan fingerprint density at radius 2 is 1.81 bits per heavy atom. The van der Waals surface area contributed by atoms with Crippen molar-refractivity contribution in [3.05, 3.63) is 81.7 Å². The van der Waals surface area contributed by atoms with Crippen LogP contribution in [0.1, 0.15) is 40.6 Å². The summed E-state index contributed by atoms with van der Waals surface area (Å²) in [5.74, 6) is -0.177. The molecule has 5 heteroatoms. The first kappa shape index (κ1) is 15.9. The number of hydrogen-bond acceptors (Lipinski definition) is 4. The minimum atomic E-state index is -0.341. The van der Waals surface area contributed by atoms with E-state index < -0.39 is 0 Å². The molecule has 1 N–H and O–H groups in total. The molecule has 0 spiro atoms. The van der Waals surface area contributed by atoms with Gasteiger partial charge in [0.05, 0.1) is 11.4 Å². The maximum Gasteiger partial charge on any atom is 0.302 e. The fraction of sp³-hybridized carbons (Fsp3) is 0.182. The molecule has 0 bridgehead atoms. The van der Waals surface area contributed by atoms with E-state index in [0.717, 1.165) is 24.8 Å². The first-order chi connectivity index (χ1) is 13.2. The minimum absolute atomic E-state index is 0.0570. The van der Waals surface area contributed by atoms with Crippen LogP contribution in [0.15, 0.2) is 68.2 Å². The molecule has 0 aliphatic heterocycles. The van der Waals surface area contributed by atoms with Gasteiger partial charge < -0.3 is 14.2 Å². The van der Waals surface area contributed by atoms with Crippen molar-refractivity contribution in [2.24, 2.45) is 0 Å². The Labute approximate surface area is 154 Å². The summed E-state index contributed by atoms with van der Waals surface area (Å²) < 4.78 is 11.2. The smallest absolute Gasteiger partial charge is 0.302 e. The summed E-state index contributed by atoms with van der Waals surface area (Å²) in [6.45, 7) is 0. The third kappa shape index (κ3) is 2.63. The number of benzene rings is 2. The van der Waals surface area contributed by atoms with Gasteiger partial charge in [0.1, 0.15) is 11.0 Å². The molecule has 2 aromatic heterocycles. The fourth-order valence-electron chi connectivity index (χ4n) is 3.84. The Balaban J connectivity index is 1.51. The molecule has 1 atom stereocenters. The van der Waals surface area contributed by atoms with Crippen LogP contribution in [-0.4, -0.2) is 5.91 Å². The first-order valence-electron chi connectivity index (χ1n) is 9.05. The van der Waals surface area contributed by atoms with E-state index in [1.807, 2.05) is 12.1 Å². The number of fused-ring (bicyclic) bond motifs is 3. The molecule has 0 saturated heterocycles. The predicted octanol–water partition coefficient (Wildman–Crippen LogP) is 4.35. The molecule has 0 fully saturated rings. The molecule has 27 heavy (non-hydrogen) atoms. The maximum absolute atomic E-state index is 12.7. The Morgan fingerprint density at radius 3 is 2.74 bits per heavy atom. The Bertz CT molecular complexity index is 1230. The van der Waals surface area contributed by atoms with Crippen LogP contribution in [-0.2, 0) is 6.42 Å². The van der Waals surface area contributed by atoms with E-state index >= 15 is 0 Å². The zero-order valence-corrected chi connectivity index (χ0v) is 14.5. The fourth-order valence-corrected chi connectivity index (χ4v) is 3.84. The van der Waals surface area contributed by atoms with E-state index in [-0.39, 0.29) is 34.3 Å². The third-order valence-corrected chi connectivity index (χ3v) is 5.18. The van der Waals surface area contributed by atoms with Gasteiger partial charge in [-0.15, -0.1) is 0 Å². The third-order valence-electron chi connectivity index (χ3n) is 5.18. The molecule has 1 amide bonds. The highest BCUT2D eigenvalue weighted by Crippen LogP contribution is 2.30. The van der Waals surface area contributed by atoms with Gasteiger partial charge in [-0.2, -0.15) is 0 Å². The van der Waals surface area contributed by atoms with E-state index in [1.165, 1.54) is 11.6 Å². The second-order valence-corrected chi connectivity index (χ2v) is 6.86. The van der Waals surface area contributed by atoms with Crippen molar-refractivity contribution in [1.82, 2.24) is 5.32 Å². The van der Waals surface area contributed by atoms with Crippen LogP contribution in [0.25, 0.3) is 22.1 Å². The normalized spacial score (nSPS) is 16.4. The van der Waals surface area contributed by atoms with Gasteiger partial charge >= 0.3 is 5.78 Å². The van der Waals surface area contributed by atoms with Gasteiger partial charge in [0.15, 0.2) is 5.76 Å². The van der Waals surface area contributed by atoms with Crippen molar-refractivity contribution in [1.29, 1.82) is 0 Å². The molecule has 5 rings (SSSR count). The van der Waals surface area contributed by atoms with Crippen molar-refractivity contribution >= 4 is 28.0 Å². The molecule has 1 aliphatic rings. The molecule has 134 valence electrons. The lowest BCUT2D eigenvalue weighted by atomic mass is 9.88. The Hall–Kier alpha value is -3.34. The number of furan rings is 1. The summed E-state index contributed by atoms with van der Waals surface area (Å²) in [6, 6.07) is 16.5. The summed E-state index contributed by atoms with van der Waals surface area (Å²) in [5.41, 5.74) is 2.66. The van der Waals surface area contributed by atoms with Crippen LogP contribution >= 0.6 is 0 Å². The quantitative estimate of drug-likeness (QED) is 0.578. The van der Waals surface area contributed by atoms with Crippen LogP contribution < -0.4 is 10.7 Å². The number of carbonyl (C=O) groups is 1. The number of hydrogen-bond donors (Lipinski definition) is 1. The Morgan fingerprint density at radius 1 is 1.00 bits per heavy atom. The van der Waals surface area contributed by atoms with Crippen LogP contribution in [0.5, 0.6) is 0 Å². The van der Waals surface area contributed by atoms with Crippen LogP contribution in [0, 0.1) is 0 Å². The van der Waals surface area contributed by atoms with Crippen molar-refractivity contribution in [2.75, 3.05) is 0 Å². The average molecular weight is 359 g/mol. The molecule has 2 heterocycles. The molecule has 0 radical (unpaired) electrons. The summed E-state index contributed by atoms with van der Waals surface area (Å²) in [6.07, 6.45) is 2.93. The highest BCUT2D eigenvalue weighted by atomic mass is 16.5. The van der Waals surface area contributed by atoms with Gasteiger partial charge in [-0.05, 0) is 42.5 Å². The topological polar surface area (TPSA) is 72.5 Å². The number of carbonyl (C=O) groups excluding carboxylic acids is 1. The monoisotopic (exact) mass is 359 g/mol. The second kappa shape index (κ2) is 6.13. The average Bonchev–Trinajstić information content (AvgIpc) is 3.13. The summed E-state index contributed by atoms with van der Waals surface area (Å²) >= 11 is 0. The largest absolute Gasteiger partial charge is 0.425 e. The molecule has 5 nitrogen and oxygen atoms in total. The van der Waals surface area contributed by atoms with E-state index in [1.54, 1.807) is 24.3 Å². The van der Waals surface area contributed by atoms with Gasteiger partial charge in [-0.3, -0.25) is 9.59 Å². The summed E-state index contributed by atoms with van der Waals surface area (Å²) in [5, 5.41) is 3.79. The number of rotatable bonds is 2. The number of nitrogens with one attached hydrogen (secondary N) is 1. The lowest BCUT2D eigenvalue weighted by molar-refractivity contribution is 0.0905. The molecule has 1 unspecified atom stereocenters. The van der Waals surface area contributed by atoms with Gasteiger partial charge in [0.2, 0.25) is 5.43 Å². The highest BCUT2D eigenvalue weighted by Gasteiger charge is 2.24. The predicted molar refractivity (Wildman–Crippen MR) is 102 cm³/mol. The van der Waals surface area contributed by atoms with Crippen LogP contribution in [0.2, 0.25) is 0 Å². The van der Waals surface area contributed by atoms with Crippen molar-refractivity contribution in [3.8, 4) is 0 Å². The van der Waals surface area contributed by atoms with E-state index in [0.29, 0.717) is 11.0 Å². The maximum atomic E-state index is 12.7. The first-order valence-corrected chi connectivity index (χ1v) is 9.05. The summed E-state index contributed by atoms with van der Waals surface area (Å²) in [4.78, 5) is 25.4. The number of para-hydroxylation sites is 1. The number of amides is 1. The molecule has 4 aromatic rings. The van der Waals surface area contributed by atoms with E-state index in [4.69, 9.17) is 8.83 Å². The molecule has 2 aromatic carbocycles. The Kier molecular flexibility index (Phi) is 3.60. The molecule has 1 aliphatic carbocycles. The van der Waals surface area contributed by atoms with E-state index in [2.05, 4.69) is 17.4 Å². The van der Waals surface area contributed by atoms with Gasteiger partial charge in [0, 0.05) is 6.07 Å². The van der Waals surface area contributed by atoms with E-state index in [9.17, 15) is 9.59 Å². The molecular formula is C22H17NO4. The standard InChI is InChI=1S/C22H17NO4/c24-20-15-9-3-4-11-18(15)26-22-16(20)12-19(27-22)21(25)23-17-10-5-7-13-6-1-2-8-14(13)17/h1-4,6,8-9,11-12,17H,5,7,10H2,(H,23,25). The zero-order chi connectivity index (χ0) is 18.4. The SMILES string of the molecule is O=C(NC1CCCc2ccccc21)c1cc2c(=O)c3ccccc3oc2o1. The van der Waals surface area contributed by atoms with Crippen LogP contribution in [0.4, 0.5) is 0 Å². The van der Waals surface area contributed by atoms with Gasteiger partial charge in [-0.1, -0.05) is 36.4 Å². The molecule has 0 saturated carbocycles.